The third-order valence-corrected chi connectivity index (χ3v) is 4.36. The van der Waals surface area contributed by atoms with Gasteiger partial charge in [-0.05, 0) is 55.9 Å². The van der Waals surface area contributed by atoms with Crippen LogP contribution in [0.1, 0.15) is 39.0 Å². The highest BCUT2D eigenvalue weighted by Gasteiger charge is 2.19. The van der Waals surface area contributed by atoms with Crippen molar-refractivity contribution in [1.82, 2.24) is 5.32 Å². The van der Waals surface area contributed by atoms with Crippen molar-refractivity contribution >= 4 is 23.2 Å². The van der Waals surface area contributed by atoms with Gasteiger partial charge >= 0.3 is 0 Å². The fourth-order valence-electron chi connectivity index (χ4n) is 2.75. The molecular weight excluding hydrogens is 272 g/mol. The third-order valence-electron chi connectivity index (χ3n) is 4.10. The molecule has 1 aromatic carbocycles. The number of amides is 1. The molecule has 0 saturated heterocycles. The third kappa shape index (κ3) is 4.80. The molecule has 110 valence electrons. The molecule has 0 atom stereocenters. The number of hydrogen-bond donors (Lipinski definition) is 2. The van der Waals surface area contributed by atoms with Gasteiger partial charge in [-0.15, -0.1) is 0 Å². The van der Waals surface area contributed by atoms with Crippen LogP contribution in [0.3, 0.4) is 0 Å². The van der Waals surface area contributed by atoms with Gasteiger partial charge in [0.2, 0.25) is 5.91 Å². The summed E-state index contributed by atoms with van der Waals surface area (Å²) in [4.78, 5) is 11.9. The summed E-state index contributed by atoms with van der Waals surface area (Å²) in [6, 6.07) is 7.67. The summed E-state index contributed by atoms with van der Waals surface area (Å²) in [5.41, 5.74) is 0.788. The van der Waals surface area contributed by atoms with Crippen molar-refractivity contribution in [2.24, 2.45) is 5.92 Å². The lowest BCUT2D eigenvalue weighted by atomic mass is 9.84. The minimum atomic E-state index is 0.00457. The minimum absolute atomic E-state index is 0.00457. The van der Waals surface area contributed by atoms with Gasteiger partial charge in [0.15, 0.2) is 0 Å². The van der Waals surface area contributed by atoms with Crippen molar-refractivity contribution in [3.8, 4) is 0 Å². The van der Waals surface area contributed by atoms with Crippen LogP contribution in [0.25, 0.3) is 0 Å². The monoisotopic (exact) mass is 294 g/mol. The Morgan fingerprint density at radius 3 is 2.45 bits per heavy atom. The van der Waals surface area contributed by atoms with Crippen LogP contribution in [-0.2, 0) is 4.79 Å². The van der Waals surface area contributed by atoms with E-state index in [9.17, 15) is 4.79 Å². The Hall–Kier alpha value is -1.06. The highest BCUT2D eigenvalue weighted by molar-refractivity contribution is 6.30. The van der Waals surface area contributed by atoms with Crippen molar-refractivity contribution in [2.75, 3.05) is 11.9 Å². The minimum Gasteiger partial charge on any atom is -0.325 e. The van der Waals surface area contributed by atoms with Gasteiger partial charge in [0.25, 0.3) is 0 Å². The Morgan fingerprint density at radius 1 is 1.20 bits per heavy atom. The number of carbonyl (C=O) groups is 1. The van der Waals surface area contributed by atoms with E-state index in [2.05, 4.69) is 17.6 Å². The molecule has 1 amide bonds. The van der Waals surface area contributed by atoms with Crippen LogP contribution >= 0.6 is 11.6 Å². The highest BCUT2D eigenvalue weighted by Crippen LogP contribution is 2.26. The molecule has 0 heterocycles. The Kier molecular flexibility index (Phi) is 5.86. The lowest BCUT2D eigenvalue weighted by Crippen LogP contribution is -2.38. The maximum Gasteiger partial charge on any atom is 0.238 e. The standard InChI is InChI=1S/C16H23ClN2O/c1-2-12-3-7-14(8-4-12)18-11-16(20)19-15-9-5-13(17)6-10-15/h5-6,9-10,12,14,18H,2-4,7-8,11H2,1H3,(H,19,20). The summed E-state index contributed by atoms with van der Waals surface area (Å²) in [6.45, 7) is 2.64. The maximum absolute atomic E-state index is 11.9. The van der Waals surface area contributed by atoms with Gasteiger partial charge in [0, 0.05) is 16.8 Å². The van der Waals surface area contributed by atoms with Gasteiger partial charge in [-0.3, -0.25) is 4.79 Å². The van der Waals surface area contributed by atoms with Crippen LogP contribution in [0.15, 0.2) is 24.3 Å². The molecule has 0 bridgehead atoms. The molecule has 0 unspecified atom stereocenters. The van der Waals surface area contributed by atoms with Crippen LogP contribution in [-0.4, -0.2) is 18.5 Å². The largest absolute Gasteiger partial charge is 0.325 e. The average Bonchev–Trinajstić information content (AvgIpc) is 2.48. The van der Waals surface area contributed by atoms with E-state index in [-0.39, 0.29) is 5.91 Å². The van der Waals surface area contributed by atoms with Crippen molar-refractivity contribution in [1.29, 1.82) is 0 Å². The second-order valence-electron chi connectivity index (χ2n) is 5.56. The van der Waals surface area contributed by atoms with E-state index in [1.54, 1.807) is 12.1 Å². The molecule has 1 aliphatic rings. The molecule has 4 heteroatoms. The molecule has 2 N–H and O–H groups in total. The zero-order valence-corrected chi connectivity index (χ0v) is 12.7. The molecule has 2 rings (SSSR count). The average molecular weight is 295 g/mol. The summed E-state index contributed by atoms with van der Waals surface area (Å²) in [5.74, 6) is 0.890. The second-order valence-corrected chi connectivity index (χ2v) is 6.00. The first-order valence-electron chi connectivity index (χ1n) is 7.46. The summed E-state index contributed by atoms with van der Waals surface area (Å²) < 4.78 is 0. The summed E-state index contributed by atoms with van der Waals surface area (Å²) in [5, 5.41) is 6.90. The van der Waals surface area contributed by atoms with Crippen molar-refractivity contribution in [3.63, 3.8) is 0 Å². The van der Waals surface area contributed by atoms with Crippen LogP contribution in [0.5, 0.6) is 0 Å². The first-order chi connectivity index (χ1) is 9.67. The number of rotatable bonds is 5. The zero-order valence-electron chi connectivity index (χ0n) is 12.0. The number of nitrogens with one attached hydrogen (secondary N) is 2. The molecule has 0 radical (unpaired) electrons. The molecule has 0 spiro atoms. The highest BCUT2D eigenvalue weighted by atomic mass is 35.5. The van der Waals surface area contributed by atoms with Gasteiger partial charge in [-0.25, -0.2) is 0 Å². The van der Waals surface area contributed by atoms with Gasteiger partial charge in [-0.2, -0.15) is 0 Å². The molecule has 1 fully saturated rings. The van der Waals surface area contributed by atoms with Gasteiger partial charge < -0.3 is 10.6 Å². The Balaban J connectivity index is 1.69. The number of halogens is 1. The van der Waals surface area contributed by atoms with E-state index in [4.69, 9.17) is 11.6 Å². The normalized spacial score (nSPS) is 22.5. The molecule has 1 aliphatic carbocycles. The molecule has 0 aliphatic heterocycles. The lowest BCUT2D eigenvalue weighted by Gasteiger charge is -2.28. The molecule has 0 aromatic heterocycles. The van der Waals surface area contributed by atoms with E-state index in [0.717, 1.165) is 11.6 Å². The molecule has 1 aromatic rings. The van der Waals surface area contributed by atoms with E-state index in [1.807, 2.05) is 12.1 Å². The van der Waals surface area contributed by atoms with E-state index >= 15 is 0 Å². The number of anilines is 1. The van der Waals surface area contributed by atoms with Gasteiger partial charge in [-0.1, -0.05) is 24.9 Å². The summed E-state index contributed by atoms with van der Waals surface area (Å²) in [6.07, 6.45) is 6.23. The zero-order chi connectivity index (χ0) is 14.4. The predicted octanol–water partition coefficient (Wildman–Crippen LogP) is 3.84. The fourth-order valence-corrected chi connectivity index (χ4v) is 2.88. The van der Waals surface area contributed by atoms with Gasteiger partial charge in [0.1, 0.15) is 0 Å². The van der Waals surface area contributed by atoms with Crippen LogP contribution in [0.4, 0.5) is 5.69 Å². The SMILES string of the molecule is CCC1CCC(NCC(=O)Nc2ccc(Cl)cc2)CC1. The number of benzene rings is 1. The molecule has 3 nitrogen and oxygen atoms in total. The Morgan fingerprint density at radius 2 is 1.85 bits per heavy atom. The second kappa shape index (κ2) is 7.65. The van der Waals surface area contributed by atoms with E-state index in [0.29, 0.717) is 17.6 Å². The smallest absolute Gasteiger partial charge is 0.238 e. The first-order valence-corrected chi connectivity index (χ1v) is 7.84. The molecule has 20 heavy (non-hydrogen) atoms. The van der Waals surface area contributed by atoms with Gasteiger partial charge in [0.05, 0.1) is 6.54 Å². The Labute approximate surface area is 126 Å². The van der Waals surface area contributed by atoms with Crippen molar-refractivity contribution < 1.29 is 4.79 Å². The number of hydrogen-bond acceptors (Lipinski definition) is 2. The molecule has 1 saturated carbocycles. The van der Waals surface area contributed by atoms with E-state index in [1.165, 1.54) is 32.1 Å². The van der Waals surface area contributed by atoms with Crippen LogP contribution in [0.2, 0.25) is 5.02 Å². The first kappa shape index (κ1) is 15.3. The van der Waals surface area contributed by atoms with Crippen LogP contribution < -0.4 is 10.6 Å². The summed E-state index contributed by atoms with van der Waals surface area (Å²) >= 11 is 5.81. The summed E-state index contributed by atoms with van der Waals surface area (Å²) in [7, 11) is 0. The number of carbonyl (C=O) groups excluding carboxylic acids is 1. The fraction of sp³-hybridized carbons (Fsp3) is 0.562. The topological polar surface area (TPSA) is 41.1 Å². The molecular formula is C16H23ClN2O. The van der Waals surface area contributed by atoms with E-state index < -0.39 is 0 Å². The van der Waals surface area contributed by atoms with Crippen molar-refractivity contribution in [3.05, 3.63) is 29.3 Å². The maximum atomic E-state index is 11.9. The Bertz CT molecular complexity index is 425. The quantitative estimate of drug-likeness (QED) is 0.866. The predicted molar refractivity (Wildman–Crippen MR) is 84.1 cm³/mol. The van der Waals surface area contributed by atoms with Crippen LogP contribution in [0, 0.1) is 5.92 Å². The lowest BCUT2D eigenvalue weighted by molar-refractivity contribution is -0.115. The van der Waals surface area contributed by atoms with Crippen molar-refractivity contribution in [2.45, 2.75) is 45.1 Å².